The fraction of sp³-hybridized carbons (Fsp3) is 0.588. The van der Waals surface area contributed by atoms with E-state index in [0.29, 0.717) is 18.1 Å². The molecule has 0 heterocycles. The van der Waals surface area contributed by atoms with Crippen molar-refractivity contribution in [2.75, 3.05) is 25.9 Å². The number of ether oxygens (including phenoxy) is 1. The summed E-state index contributed by atoms with van der Waals surface area (Å²) in [5.41, 5.74) is 0.511. The number of aliphatic imine (C=N–C) groups is 1. The Balaban J connectivity index is 0.00000729. The van der Waals surface area contributed by atoms with Crippen molar-refractivity contribution in [3.05, 3.63) is 29.8 Å². The first-order valence-electron chi connectivity index (χ1n) is 8.41. The van der Waals surface area contributed by atoms with Crippen LogP contribution in [0.25, 0.3) is 0 Å². The number of nitrogens with one attached hydrogen (secondary N) is 2. The molecule has 162 valence electrons. The molecule has 1 aromatic rings. The minimum absolute atomic E-state index is 0. The SMILES string of the molecule is CCNC(=NCC(C)(C)S(C)(=O)=O)NCC(O)c1ccc(OC(F)F)cc1.I. The zero-order valence-electron chi connectivity index (χ0n) is 16.3. The average molecular weight is 535 g/mol. The van der Waals surface area contributed by atoms with Crippen molar-refractivity contribution in [3.8, 4) is 5.75 Å². The molecule has 11 heteroatoms. The summed E-state index contributed by atoms with van der Waals surface area (Å²) in [6.07, 6.45) is 0.242. The van der Waals surface area contributed by atoms with Crippen LogP contribution in [0.15, 0.2) is 29.3 Å². The number of guanidine groups is 1. The Kier molecular flexibility index (Phi) is 11.2. The molecule has 1 unspecified atom stereocenters. The fourth-order valence-electron chi connectivity index (χ4n) is 1.91. The van der Waals surface area contributed by atoms with Crippen LogP contribution in [-0.2, 0) is 9.84 Å². The summed E-state index contributed by atoms with van der Waals surface area (Å²) >= 11 is 0. The number of rotatable bonds is 9. The molecule has 1 atom stereocenters. The van der Waals surface area contributed by atoms with E-state index in [0.717, 1.165) is 6.26 Å². The number of nitrogens with zero attached hydrogens (tertiary/aromatic N) is 1. The lowest BCUT2D eigenvalue weighted by Gasteiger charge is -2.21. The summed E-state index contributed by atoms with van der Waals surface area (Å²) in [6.45, 7) is 2.84. The number of benzene rings is 1. The summed E-state index contributed by atoms with van der Waals surface area (Å²) in [6, 6.07) is 5.67. The van der Waals surface area contributed by atoms with Gasteiger partial charge >= 0.3 is 6.61 Å². The molecule has 0 radical (unpaired) electrons. The Labute approximate surface area is 181 Å². The first-order valence-corrected chi connectivity index (χ1v) is 10.3. The van der Waals surface area contributed by atoms with E-state index >= 15 is 0 Å². The molecule has 1 aromatic carbocycles. The van der Waals surface area contributed by atoms with E-state index in [2.05, 4.69) is 20.4 Å². The van der Waals surface area contributed by atoms with Crippen LogP contribution in [0, 0.1) is 0 Å². The van der Waals surface area contributed by atoms with Gasteiger partial charge in [-0.3, -0.25) is 4.99 Å². The Hall–Kier alpha value is -1.21. The molecule has 0 spiro atoms. The molecular formula is C17H28F2IN3O4S. The summed E-state index contributed by atoms with van der Waals surface area (Å²) < 4.78 is 51.1. The van der Waals surface area contributed by atoms with Gasteiger partial charge in [0.05, 0.1) is 17.4 Å². The number of sulfone groups is 1. The normalized spacial score (nSPS) is 13.6. The van der Waals surface area contributed by atoms with E-state index in [4.69, 9.17) is 0 Å². The number of alkyl halides is 2. The molecule has 0 amide bonds. The van der Waals surface area contributed by atoms with Gasteiger partial charge in [0.2, 0.25) is 0 Å². The first-order chi connectivity index (χ1) is 12.5. The third-order valence-corrected chi connectivity index (χ3v) is 6.06. The van der Waals surface area contributed by atoms with Crippen LogP contribution in [-0.4, -0.2) is 56.7 Å². The predicted molar refractivity (Wildman–Crippen MR) is 116 cm³/mol. The van der Waals surface area contributed by atoms with Crippen LogP contribution in [0.2, 0.25) is 0 Å². The molecule has 1 rings (SSSR count). The van der Waals surface area contributed by atoms with Gasteiger partial charge < -0.3 is 20.5 Å². The van der Waals surface area contributed by atoms with Crippen molar-refractivity contribution in [3.63, 3.8) is 0 Å². The van der Waals surface area contributed by atoms with Gasteiger partial charge in [-0.1, -0.05) is 12.1 Å². The molecule has 3 N–H and O–H groups in total. The maximum Gasteiger partial charge on any atom is 0.387 e. The van der Waals surface area contributed by atoms with Crippen molar-refractivity contribution >= 4 is 39.8 Å². The average Bonchev–Trinajstić information content (AvgIpc) is 2.56. The van der Waals surface area contributed by atoms with Crippen LogP contribution in [0.4, 0.5) is 8.78 Å². The van der Waals surface area contributed by atoms with Crippen LogP contribution < -0.4 is 15.4 Å². The van der Waals surface area contributed by atoms with E-state index < -0.39 is 27.3 Å². The second-order valence-electron chi connectivity index (χ2n) is 6.57. The van der Waals surface area contributed by atoms with Crippen molar-refractivity contribution in [1.82, 2.24) is 10.6 Å². The molecule has 7 nitrogen and oxygen atoms in total. The van der Waals surface area contributed by atoms with Gasteiger partial charge in [-0.15, -0.1) is 24.0 Å². The van der Waals surface area contributed by atoms with E-state index in [9.17, 15) is 22.3 Å². The van der Waals surface area contributed by atoms with Gasteiger partial charge in [-0.25, -0.2) is 8.42 Å². The topological polar surface area (TPSA) is 100 Å². The summed E-state index contributed by atoms with van der Waals surface area (Å²) in [7, 11) is -3.28. The Bertz CT molecular complexity index is 728. The fourth-order valence-corrected chi connectivity index (χ4v) is 2.21. The standard InChI is InChI=1S/C17H27F2N3O4S.HI/c1-5-20-16(22-11-17(2,3)27(4,24)25)21-10-14(23)12-6-8-13(9-7-12)26-15(18)19;/h6-9,14-15,23H,5,10-11H2,1-4H3,(H2,20,21,22);1H. The predicted octanol–water partition coefficient (Wildman–Crippen LogP) is 2.32. The molecule has 28 heavy (non-hydrogen) atoms. The Morgan fingerprint density at radius 3 is 2.29 bits per heavy atom. The molecule has 0 saturated carbocycles. The number of halogens is 3. The number of hydrogen-bond acceptors (Lipinski definition) is 5. The van der Waals surface area contributed by atoms with E-state index in [1.807, 2.05) is 6.92 Å². The molecule has 0 bridgehead atoms. The maximum absolute atomic E-state index is 12.2. The lowest BCUT2D eigenvalue weighted by atomic mass is 10.1. The highest BCUT2D eigenvalue weighted by Gasteiger charge is 2.30. The number of aliphatic hydroxyl groups is 1. The monoisotopic (exact) mass is 535 g/mol. The molecule has 0 aliphatic rings. The van der Waals surface area contributed by atoms with E-state index in [-0.39, 0.29) is 42.8 Å². The van der Waals surface area contributed by atoms with E-state index in [1.165, 1.54) is 24.3 Å². The molecule has 0 aliphatic carbocycles. The molecular weight excluding hydrogens is 507 g/mol. The first kappa shape index (κ1) is 26.8. The van der Waals surface area contributed by atoms with Crippen molar-refractivity contribution in [2.24, 2.45) is 4.99 Å². The van der Waals surface area contributed by atoms with Gasteiger partial charge in [0.25, 0.3) is 0 Å². The van der Waals surface area contributed by atoms with Crippen LogP contribution >= 0.6 is 24.0 Å². The quantitative estimate of drug-likeness (QED) is 0.255. The third kappa shape index (κ3) is 8.86. The lowest BCUT2D eigenvalue weighted by molar-refractivity contribution is -0.0498. The molecule has 0 aliphatic heterocycles. The molecule has 0 aromatic heterocycles. The zero-order valence-corrected chi connectivity index (χ0v) is 19.4. The number of aliphatic hydroxyl groups excluding tert-OH is 1. The minimum atomic E-state index is -3.28. The van der Waals surface area contributed by atoms with Crippen molar-refractivity contribution < 1.29 is 27.0 Å². The highest BCUT2D eigenvalue weighted by Crippen LogP contribution is 2.19. The summed E-state index contributed by atoms with van der Waals surface area (Å²) in [4.78, 5) is 4.26. The van der Waals surface area contributed by atoms with Gasteiger partial charge in [0, 0.05) is 19.3 Å². The second-order valence-corrected chi connectivity index (χ2v) is 9.22. The van der Waals surface area contributed by atoms with Gasteiger partial charge in [-0.2, -0.15) is 8.78 Å². The minimum Gasteiger partial charge on any atom is -0.435 e. The Morgan fingerprint density at radius 2 is 1.82 bits per heavy atom. The maximum atomic E-state index is 12.2. The smallest absolute Gasteiger partial charge is 0.387 e. The van der Waals surface area contributed by atoms with Crippen molar-refractivity contribution in [2.45, 2.75) is 38.2 Å². The van der Waals surface area contributed by atoms with Gasteiger partial charge in [-0.05, 0) is 38.5 Å². The Morgan fingerprint density at radius 1 is 1.25 bits per heavy atom. The van der Waals surface area contributed by atoms with E-state index in [1.54, 1.807) is 13.8 Å². The largest absolute Gasteiger partial charge is 0.435 e. The van der Waals surface area contributed by atoms with Crippen molar-refractivity contribution in [1.29, 1.82) is 0 Å². The van der Waals surface area contributed by atoms with Gasteiger partial charge in [0.1, 0.15) is 5.75 Å². The highest BCUT2D eigenvalue weighted by atomic mass is 127. The second kappa shape index (κ2) is 11.7. The summed E-state index contributed by atoms with van der Waals surface area (Å²) in [5.74, 6) is 0.373. The number of hydrogen-bond donors (Lipinski definition) is 3. The third-order valence-electron chi connectivity index (χ3n) is 3.92. The lowest BCUT2D eigenvalue weighted by Crippen LogP contribution is -2.42. The van der Waals surface area contributed by atoms with Crippen LogP contribution in [0.3, 0.4) is 0 Å². The summed E-state index contributed by atoms with van der Waals surface area (Å²) in [5, 5.41) is 16.1. The van der Waals surface area contributed by atoms with Crippen LogP contribution in [0.1, 0.15) is 32.4 Å². The molecule has 0 saturated heterocycles. The zero-order chi connectivity index (χ0) is 20.7. The molecule has 0 fully saturated rings. The van der Waals surface area contributed by atoms with Gasteiger partial charge in [0.15, 0.2) is 15.8 Å². The highest BCUT2D eigenvalue weighted by molar-refractivity contribution is 14.0. The van der Waals surface area contributed by atoms with Crippen LogP contribution in [0.5, 0.6) is 5.75 Å².